The van der Waals surface area contributed by atoms with E-state index in [4.69, 9.17) is 0 Å². The number of aromatic nitrogens is 6. The number of hydrogen-bond acceptors (Lipinski definition) is 6. The van der Waals surface area contributed by atoms with E-state index in [9.17, 15) is 4.39 Å². The van der Waals surface area contributed by atoms with Crippen LogP contribution in [0.25, 0.3) is 0 Å². The van der Waals surface area contributed by atoms with E-state index in [1.165, 1.54) is 17.4 Å². The van der Waals surface area contributed by atoms with Crippen LogP contribution < -0.4 is 5.32 Å². The number of nitrogens with one attached hydrogen (secondary N) is 1. The summed E-state index contributed by atoms with van der Waals surface area (Å²) in [5.41, 5.74) is 3.61. The molecule has 29 heavy (non-hydrogen) atoms. The van der Waals surface area contributed by atoms with Gasteiger partial charge in [0.1, 0.15) is 16.9 Å². The molecule has 4 rings (SSSR count). The highest BCUT2D eigenvalue weighted by atomic mass is 32.1. The van der Waals surface area contributed by atoms with E-state index < -0.39 is 0 Å². The van der Waals surface area contributed by atoms with E-state index in [1.807, 2.05) is 49.8 Å². The molecule has 0 fully saturated rings. The van der Waals surface area contributed by atoms with Gasteiger partial charge in [-0.25, -0.2) is 4.39 Å². The second-order valence-corrected chi connectivity index (χ2v) is 8.06. The Bertz CT molecular complexity index is 1120. The lowest BCUT2D eigenvalue weighted by molar-refractivity contribution is 0.540. The molecule has 0 aliphatic rings. The summed E-state index contributed by atoms with van der Waals surface area (Å²) in [5.74, 6) is 0.419. The Morgan fingerprint density at radius 2 is 1.97 bits per heavy atom. The van der Waals surface area contributed by atoms with Gasteiger partial charge in [-0.05, 0) is 45.4 Å². The molecule has 0 aliphatic heterocycles. The van der Waals surface area contributed by atoms with Gasteiger partial charge in [0, 0.05) is 23.5 Å². The second kappa shape index (κ2) is 7.75. The first-order chi connectivity index (χ1) is 13.9. The molecule has 0 saturated heterocycles. The Kier molecular flexibility index (Phi) is 5.14. The molecule has 1 unspecified atom stereocenters. The van der Waals surface area contributed by atoms with Crippen molar-refractivity contribution in [1.82, 2.24) is 29.8 Å². The van der Waals surface area contributed by atoms with Crippen molar-refractivity contribution in [1.29, 1.82) is 0 Å². The Hall–Kier alpha value is -3.07. The fraction of sp³-hybridized carbons (Fsp3) is 0.300. The van der Waals surface area contributed by atoms with Gasteiger partial charge in [0.05, 0.1) is 12.2 Å². The maximum atomic E-state index is 14.1. The van der Waals surface area contributed by atoms with Crippen molar-refractivity contribution < 1.29 is 4.39 Å². The van der Waals surface area contributed by atoms with Crippen LogP contribution in [0.3, 0.4) is 0 Å². The van der Waals surface area contributed by atoms with Crippen LogP contribution >= 0.6 is 11.3 Å². The van der Waals surface area contributed by atoms with Gasteiger partial charge >= 0.3 is 0 Å². The fourth-order valence-corrected chi connectivity index (χ4v) is 4.04. The number of rotatable bonds is 6. The van der Waals surface area contributed by atoms with Crippen molar-refractivity contribution in [3.8, 4) is 0 Å². The zero-order chi connectivity index (χ0) is 20.5. The Morgan fingerprint density at radius 1 is 1.14 bits per heavy atom. The second-order valence-electron chi connectivity index (χ2n) is 7.05. The average Bonchev–Trinajstić information content (AvgIpc) is 3.39. The highest BCUT2D eigenvalue weighted by Gasteiger charge is 2.17. The average molecular weight is 412 g/mol. The highest BCUT2D eigenvalue weighted by Crippen LogP contribution is 2.27. The van der Waals surface area contributed by atoms with Crippen LogP contribution in [0.4, 0.5) is 15.3 Å². The first-order valence-electron chi connectivity index (χ1n) is 9.31. The smallest absolute Gasteiger partial charge is 0.211 e. The number of nitrogens with zero attached hydrogens (tertiary/aromatic N) is 6. The third-order valence-electron chi connectivity index (χ3n) is 4.76. The number of hydrogen-bond donors (Lipinski definition) is 1. The predicted molar refractivity (Wildman–Crippen MR) is 111 cm³/mol. The Labute approximate surface area is 172 Å². The van der Waals surface area contributed by atoms with Gasteiger partial charge in [0.15, 0.2) is 5.82 Å². The normalized spacial score (nSPS) is 12.3. The lowest BCUT2D eigenvalue weighted by Crippen LogP contribution is -2.10. The maximum Gasteiger partial charge on any atom is 0.211 e. The third kappa shape index (κ3) is 4.04. The minimum absolute atomic E-state index is 0.00154. The summed E-state index contributed by atoms with van der Waals surface area (Å²) in [7, 11) is 0. The summed E-state index contributed by atoms with van der Waals surface area (Å²) in [6.45, 7) is 8.32. The molecular weight excluding hydrogens is 389 g/mol. The monoisotopic (exact) mass is 411 g/mol. The molecular formula is C20H22FN7S. The molecule has 0 bridgehead atoms. The van der Waals surface area contributed by atoms with Crippen LogP contribution in [0.15, 0.2) is 36.5 Å². The van der Waals surface area contributed by atoms with Crippen molar-refractivity contribution in [2.45, 2.75) is 40.3 Å². The third-order valence-corrected chi connectivity index (χ3v) is 5.77. The van der Waals surface area contributed by atoms with Crippen LogP contribution in [0.2, 0.25) is 0 Å². The quantitative estimate of drug-likeness (QED) is 0.509. The van der Waals surface area contributed by atoms with E-state index in [-0.39, 0.29) is 11.9 Å². The largest absolute Gasteiger partial charge is 0.313 e. The Morgan fingerprint density at radius 3 is 2.69 bits per heavy atom. The van der Waals surface area contributed by atoms with Gasteiger partial charge in [-0.3, -0.25) is 9.36 Å². The predicted octanol–water partition coefficient (Wildman–Crippen LogP) is 4.40. The van der Waals surface area contributed by atoms with E-state index >= 15 is 0 Å². The summed E-state index contributed by atoms with van der Waals surface area (Å²) in [6, 6.07) is 8.96. The van der Waals surface area contributed by atoms with E-state index in [2.05, 4.69) is 32.6 Å². The number of anilines is 2. The lowest BCUT2D eigenvalue weighted by Gasteiger charge is -2.10. The van der Waals surface area contributed by atoms with Crippen molar-refractivity contribution in [3.05, 3.63) is 69.9 Å². The molecule has 3 heterocycles. The number of benzene rings is 1. The van der Waals surface area contributed by atoms with Crippen LogP contribution in [-0.2, 0) is 6.54 Å². The molecule has 0 saturated carbocycles. The number of halogens is 1. The molecule has 4 aromatic rings. The zero-order valence-electron chi connectivity index (χ0n) is 16.7. The molecule has 0 aliphatic carbocycles. The van der Waals surface area contributed by atoms with Crippen LogP contribution in [0.1, 0.15) is 40.5 Å². The van der Waals surface area contributed by atoms with E-state index in [0.29, 0.717) is 23.1 Å². The van der Waals surface area contributed by atoms with Gasteiger partial charge < -0.3 is 5.32 Å². The zero-order valence-corrected chi connectivity index (χ0v) is 17.5. The topological polar surface area (TPSA) is 73.5 Å². The maximum absolute atomic E-state index is 14.1. The Balaban J connectivity index is 1.46. The molecule has 7 nitrogen and oxygen atoms in total. The molecule has 1 aromatic carbocycles. The SMILES string of the molecule is Cc1cc(C)n(C(C)c2nnc(Nc3ccn(Cc4c(C)cccc4F)n3)s2)n1. The molecule has 3 aromatic heterocycles. The molecule has 150 valence electrons. The molecule has 1 atom stereocenters. The minimum atomic E-state index is -0.220. The van der Waals surface area contributed by atoms with Crippen LogP contribution in [0, 0.1) is 26.6 Å². The summed E-state index contributed by atoms with van der Waals surface area (Å²) in [4.78, 5) is 0. The molecule has 1 N–H and O–H groups in total. The standard InChI is InChI=1S/C20H22FN7S/c1-12-6-5-7-17(21)16(12)11-27-9-8-18(26-27)22-20-24-23-19(29-20)15(4)28-14(3)10-13(2)25-28/h5-10,15H,11H2,1-4H3,(H,22,24,26). The summed E-state index contributed by atoms with van der Waals surface area (Å²) in [6.07, 6.45) is 1.81. The van der Waals surface area contributed by atoms with E-state index in [1.54, 1.807) is 10.7 Å². The van der Waals surface area contributed by atoms with Crippen molar-refractivity contribution >= 4 is 22.3 Å². The van der Waals surface area contributed by atoms with E-state index in [0.717, 1.165) is 22.0 Å². The summed E-state index contributed by atoms with van der Waals surface area (Å²) >= 11 is 1.46. The number of aryl methyl sites for hydroxylation is 3. The van der Waals surface area contributed by atoms with Gasteiger partial charge in [-0.1, -0.05) is 23.5 Å². The fourth-order valence-electron chi connectivity index (χ4n) is 3.25. The van der Waals surface area contributed by atoms with Crippen molar-refractivity contribution in [3.63, 3.8) is 0 Å². The lowest BCUT2D eigenvalue weighted by atomic mass is 10.1. The minimum Gasteiger partial charge on any atom is -0.313 e. The molecule has 0 spiro atoms. The summed E-state index contributed by atoms with van der Waals surface area (Å²) in [5, 5.41) is 22.2. The summed E-state index contributed by atoms with van der Waals surface area (Å²) < 4.78 is 17.7. The highest BCUT2D eigenvalue weighted by molar-refractivity contribution is 7.15. The first kappa shape index (κ1) is 19.3. The molecule has 0 amide bonds. The van der Waals surface area contributed by atoms with Gasteiger partial charge in [-0.15, -0.1) is 10.2 Å². The van der Waals surface area contributed by atoms with Gasteiger partial charge in [0.25, 0.3) is 0 Å². The van der Waals surface area contributed by atoms with Crippen molar-refractivity contribution in [2.75, 3.05) is 5.32 Å². The first-order valence-corrected chi connectivity index (χ1v) is 10.1. The molecule has 0 radical (unpaired) electrons. The van der Waals surface area contributed by atoms with Gasteiger partial charge in [0.2, 0.25) is 5.13 Å². The van der Waals surface area contributed by atoms with Crippen LogP contribution in [0.5, 0.6) is 0 Å². The van der Waals surface area contributed by atoms with Crippen LogP contribution in [-0.4, -0.2) is 29.8 Å². The van der Waals surface area contributed by atoms with Gasteiger partial charge in [-0.2, -0.15) is 10.2 Å². The molecule has 9 heteroatoms. The van der Waals surface area contributed by atoms with Crippen molar-refractivity contribution in [2.24, 2.45) is 0 Å².